The van der Waals surface area contributed by atoms with Crippen LogP contribution in [0.4, 0.5) is 0 Å². The number of rotatable bonds is 3. The summed E-state index contributed by atoms with van der Waals surface area (Å²) in [4.78, 5) is 11.9. The van der Waals surface area contributed by atoms with Gasteiger partial charge in [0.05, 0.1) is 12.1 Å². The summed E-state index contributed by atoms with van der Waals surface area (Å²) in [5.74, 6) is 0.119. The van der Waals surface area contributed by atoms with Crippen molar-refractivity contribution in [2.45, 2.75) is 31.8 Å². The van der Waals surface area contributed by atoms with E-state index in [0.717, 1.165) is 24.9 Å². The molecule has 0 aromatic heterocycles. The predicted octanol–water partition coefficient (Wildman–Crippen LogP) is 1.62. The molecule has 0 spiro atoms. The van der Waals surface area contributed by atoms with E-state index in [0.29, 0.717) is 0 Å². The number of carbonyl (C=O) groups excluding carboxylic acids is 1. The van der Waals surface area contributed by atoms with Gasteiger partial charge in [-0.05, 0) is 31.9 Å². The molecule has 1 aromatic carbocycles. The minimum Gasteiger partial charge on any atom is -0.348 e. The molecule has 1 unspecified atom stereocenters. The Labute approximate surface area is 96.2 Å². The van der Waals surface area contributed by atoms with Crippen molar-refractivity contribution in [2.75, 3.05) is 6.54 Å². The van der Waals surface area contributed by atoms with Crippen LogP contribution in [0.3, 0.4) is 0 Å². The molecule has 3 nitrogen and oxygen atoms in total. The Balaban J connectivity index is 1.92. The van der Waals surface area contributed by atoms with E-state index in [1.54, 1.807) is 0 Å². The van der Waals surface area contributed by atoms with E-state index in [9.17, 15) is 4.79 Å². The van der Waals surface area contributed by atoms with Crippen LogP contribution in [0.2, 0.25) is 0 Å². The summed E-state index contributed by atoms with van der Waals surface area (Å²) in [6, 6.07) is 10.1. The van der Waals surface area contributed by atoms with E-state index in [2.05, 4.69) is 10.6 Å². The number of amides is 1. The van der Waals surface area contributed by atoms with Gasteiger partial charge in [0.25, 0.3) is 0 Å². The summed E-state index contributed by atoms with van der Waals surface area (Å²) in [6.45, 7) is 2.97. The lowest BCUT2D eigenvalue weighted by atomic mass is 10.1. The fourth-order valence-electron chi connectivity index (χ4n) is 2.05. The van der Waals surface area contributed by atoms with Crippen molar-refractivity contribution >= 4 is 5.91 Å². The maximum Gasteiger partial charge on any atom is 0.237 e. The topological polar surface area (TPSA) is 41.1 Å². The summed E-state index contributed by atoms with van der Waals surface area (Å²) in [7, 11) is 0. The van der Waals surface area contributed by atoms with E-state index < -0.39 is 0 Å². The lowest BCUT2D eigenvalue weighted by Gasteiger charge is -2.17. The smallest absolute Gasteiger partial charge is 0.237 e. The zero-order valence-electron chi connectivity index (χ0n) is 9.57. The maximum atomic E-state index is 11.9. The van der Waals surface area contributed by atoms with Gasteiger partial charge in [0, 0.05) is 0 Å². The molecule has 0 radical (unpaired) electrons. The Morgan fingerprint density at radius 2 is 2.19 bits per heavy atom. The normalized spacial score (nSPS) is 21.7. The molecule has 2 N–H and O–H groups in total. The molecule has 1 aromatic rings. The second kappa shape index (κ2) is 5.12. The molecule has 16 heavy (non-hydrogen) atoms. The van der Waals surface area contributed by atoms with Crippen LogP contribution in [0.5, 0.6) is 0 Å². The second-order valence-electron chi connectivity index (χ2n) is 4.29. The van der Waals surface area contributed by atoms with Crippen molar-refractivity contribution in [3.63, 3.8) is 0 Å². The molecular weight excluding hydrogens is 200 g/mol. The molecule has 86 valence electrons. The number of nitrogens with one attached hydrogen (secondary N) is 2. The van der Waals surface area contributed by atoms with Crippen molar-refractivity contribution in [1.82, 2.24) is 10.6 Å². The zero-order chi connectivity index (χ0) is 11.4. The van der Waals surface area contributed by atoms with Crippen LogP contribution in [-0.4, -0.2) is 18.5 Å². The highest BCUT2D eigenvalue weighted by Gasteiger charge is 2.23. The van der Waals surface area contributed by atoms with Crippen LogP contribution in [0.15, 0.2) is 30.3 Å². The molecule has 0 saturated carbocycles. The van der Waals surface area contributed by atoms with Gasteiger partial charge < -0.3 is 10.6 Å². The molecule has 1 fully saturated rings. The quantitative estimate of drug-likeness (QED) is 0.809. The van der Waals surface area contributed by atoms with Gasteiger partial charge in [-0.3, -0.25) is 4.79 Å². The third-order valence-electron chi connectivity index (χ3n) is 3.04. The van der Waals surface area contributed by atoms with Gasteiger partial charge in [-0.2, -0.15) is 0 Å². The van der Waals surface area contributed by atoms with E-state index in [1.165, 1.54) is 0 Å². The highest BCUT2D eigenvalue weighted by molar-refractivity contribution is 5.82. The van der Waals surface area contributed by atoms with E-state index in [1.807, 2.05) is 37.3 Å². The first-order valence-corrected chi connectivity index (χ1v) is 5.86. The van der Waals surface area contributed by atoms with Crippen molar-refractivity contribution in [2.24, 2.45) is 0 Å². The average molecular weight is 218 g/mol. The molecular formula is C13H18N2O. The predicted molar refractivity (Wildman–Crippen MR) is 64.0 cm³/mol. The van der Waals surface area contributed by atoms with Gasteiger partial charge in [0.15, 0.2) is 0 Å². The summed E-state index contributed by atoms with van der Waals surface area (Å²) in [5.41, 5.74) is 1.15. The molecule has 2 atom stereocenters. The molecule has 2 rings (SSSR count). The number of carbonyl (C=O) groups is 1. The summed E-state index contributed by atoms with van der Waals surface area (Å²) in [5, 5.41) is 6.24. The molecule has 1 aliphatic rings. The highest BCUT2D eigenvalue weighted by Crippen LogP contribution is 2.12. The van der Waals surface area contributed by atoms with Gasteiger partial charge >= 0.3 is 0 Å². The van der Waals surface area contributed by atoms with Crippen LogP contribution in [0.25, 0.3) is 0 Å². The highest BCUT2D eigenvalue weighted by atomic mass is 16.2. The minimum atomic E-state index is 0.00571. The molecule has 1 saturated heterocycles. The Morgan fingerprint density at radius 3 is 2.81 bits per heavy atom. The van der Waals surface area contributed by atoms with Gasteiger partial charge in [-0.25, -0.2) is 0 Å². The fraction of sp³-hybridized carbons (Fsp3) is 0.462. The SMILES string of the molecule is C[C@H](NC(=O)C1CCCN1)c1ccccc1. The Hall–Kier alpha value is -1.35. The molecule has 1 heterocycles. The lowest BCUT2D eigenvalue weighted by Crippen LogP contribution is -2.41. The molecule has 0 bridgehead atoms. The van der Waals surface area contributed by atoms with Crippen molar-refractivity contribution in [3.05, 3.63) is 35.9 Å². The lowest BCUT2D eigenvalue weighted by molar-refractivity contribution is -0.123. The van der Waals surface area contributed by atoms with Crippen molar-refractivity contribution in [3.8, 4) is 0 Å². The number of benzene rings is 1. The van der Waals surface area contributed by atoms with Gasteiger partial charge in [-0.1, -0.05) is 30.3 Å². The third-order valence-corrected chi connectivity index (χ3v) is 3.04. The Morgan fingerprint density at radius 1 is 1.44 bits per heavy atom. The fourth-order valence-corrected chi connectivity index (χ4v) is 2.05. The molecule has 3 heteroatoms. The summed E-state index contributed by atoms with van der Waals surface area (Å²) in [6.07, 6.45) is 2.05. The monoisotopic (exact) mass is 218 g/mol. The van der Waals surface area contributed by atoms with E-state index in [4.69, 9.17) is 0 Å². The largest absolute Gasteiger partial charge is 0.348 e. The van der Waals surface area contributed by atoms with Crippen molar-refractivity contribution < 1.29 is 4.79 Å². The van der Waals surface area contributed by atoms with Crippen LogP contribution in [0.1, 0.15) is 31.4 Å². The van der Waals surface area contributed by atoms with Crippen LogP contribution in [-0.2, 0) is 4.79 Å². The van der Waals surface area contributed by atoms with Crippen LogP contribution >= 0.6 is 0 Å². The average Bonchev–Trinajstić information content (AvgIpc) is 2.83. The first kappa shape index (κ1) is 11.1. The standard InChI is InChI=1S/C13H18N2O/c1-10(11-6-3-2-4-7-11)15-13(16)12-8-5-9-14-12/h2-4,6-7,10,12,14H,5,8-9H2,1H3,(H,15,16)/t10-,12?/m0/s1. The first-order chi connectivity index (χ1) is 7.77. The van der Waals surface area contributed by atoms with Gasteiger partial charge in [0.1, 0.15) is 0 Å². The molecule has 1 aliphatic heterocycles. The van der Waals surface area contributed by atoms with E-state index in [-0.39, 0.29) is 18.0 Å². The van der Waals surface area contributed by atoms with Crippen molar-refractivity contribution in [1.29, 1.82) is 0 Å². The van der Waals surface area contributed by atoms with Crippen LogP contribution in [0, 0.1) is 0 Å². The van der Waals surface area contributed by atoms with Gasteiger partial charge in [0.2, 0.25) is 5.91 Å². The number of hydrogen-bond acceptors (Lipinski definition) is 2. The number of hydrogen-bond donors (Lipinski definition) is 2. The molecule has 0 aliphatic carbocycles. The van der Waals surface area contributed by atoms with Crippen LogP contribution < -0.4 is 10.6 Å². The minimum absolute atomic E-state index is 0.00571. The van der Waals surface area contributed by atoms with E-state index >= 15 is 0 Å². The third kappa shape index (κ3) is 2.61. The second-order valence-corrected chi connectivity index (χ2v) is 4.29. The summed E-state index contributed by atoms with van der Waals surface area (Å²) < 4.78 is 0. The van der Waals surface area contributed by atoms with Gasteiger partial charge in [-0.15, -0.1) is 0 Å². The first-order valence-electron chi connectivity index (χ1n) is 5.86. The molecule has 1 amide bonds. The zero-order valence-corrected chi connectivity index (χ0v) is 9.57. The maximum absolute atomic E-state index is 11.9. The summed E-state index contributed by atoms with van der Waals surface area (Å²) >= 11 is 0. The Bertz CT molecular complexity index is 344. The Kier molecular flexibility index (Phi) is 3.57.